The van der Waals surface area contributed by atoms with E-state index in [4.69, 9.17) is 20.9 Å². The topological polar surface area (TPSA) is 87.6 Å². The average Bonchev–Trinajstić information content (AvgIpc) is 2.96. The second-order valence-corrected chi connectivity index (χ2v) is 6.93. The van der Waals surface area contributed by atoms with E-state index in [1.807, 2.05) is 18.2 Å². The third kappa shape index (κ3) is 5.21. The summed E-state index contributed by atoms with van der Waals surface area (Å²) >= 11 is 0. The highest BCUT2D eigenvalue weighted by atomic mass is 16.5. The van der Waals surface area contributed by atoms with Gasteiger partial charge in [-0.3, -0.25) is 4.79 Å². The van der Waals surface area contributed by atoms with E-state index in [0.717, 1.165) is 30.6 Å². The van der Waals surface area contributed by atoms with Crippen molar-refractivity contribution in [1.29, 1.82) is 0 Å². The van der Waals surface area contributed by atoms with Crippen LogP contribution in [0, 0.1) is 0 Å². The molecule has 0 aliphatic heterocycles. The van der Waals surface area contributed by atoms with E-state index < -0.39 is 12.0 Å². The number of ether oxygens (including phenoxy) is 2. The molecule has 0 radical (unpaired) electrons. The van der Waals surface area contributed by atoms with Gasteiger partial charge in [0, 0.05) is 18.5 Å². The molecule has 0 aromatic heterocycles. The first-order valence-corrected chi connectivity index (χ1v) is 9.82. The van der Waals surface area contributed by atoms with E-state index in [0.29, 0.717) is 13.0 Å². The predicted molar refractivity (Wildman–Crippen MR) is 112 cm³/mol. The first-order valence-electron chi connectivity index (χ1n) is 9.82. The fourth-order valence-corrected chi connectivity index (χ4v) is 3.31. The quantitative estimate of drug-likeness (QED) is 0.543. The van der Waals surface area contributed by atoms with Crippen molar-refractivity contribution < 1.29 is 14.3 Å². The Morgan fingerprint density at radius 2 is 1.86 bits per heavy atom. The number of allylic oxidation sites excluding steroid dienone is 1. The molecule has 1 unspecified atom stereocenters. The highest BCUT2D eigenvalue weighted by Crippen LogP contribution is 2.34. The van der Waals surface area contributed by atoms with E-state index >= 15 is 0 Å². The van der Waals surface area contributed by atoms with Crippen LogP contribution in [0.3, 0.4) is 0 Å². The molecule has 2 aromatic rings. The van der Waals surface area contributed by atoms with Gasteiger partial charge in [0.05, 0.1) is 13.2 Å². The fourth-order valence-electron chi connectivity index (χ4n) is 3.31. The van der Waals surface area contributed by atoms with Crippen LogP contribution in [0.4, 0.5) is 0 Å². The lowest BCUT2D eigenvalue weighted by atomic mass is 10.0. The molecule has 4 N–H and O–H groups in total. The minimum atomic E-state index is -0.757. The van der Waals surface area contributed by atoms with Crippen molar-refractivity contribution in [3.8, 4) is 5.75 Å². The molecule has 5 nitrogen and oxygen atoms in total. The highest BCUT2D eigenvalue weighted by Gasteiger charge is 2.15. The molecule has 148 valence electrons. The maximum Gasteiger partial charge on any atom is 0.324 e. The van der Waals surface area contributed by atoms with Gasteiger partial charge in [-0.1, -0.05) is 42.5 Å². The molecule has 0 amide bonds. The van der Waals surface area contributed by atoms with Gasteiger partial charge in [-0.2, -0.15) is 0 Å². The monoisotopic (exact) mass is 380 g/mol. The standard InChI is InChI=1S/C23H28N2O3/c24-16-21(25)23(26)28-14-6-13-27-22-12-5-10-18-9-4-11-19(15-20(18)22)17-7-2-1-3-8-17/h1-3,5,7-8,10,12,15,21H,4,6,9,11,13-14,16,24-25H2. The summed E-state index contributed by atoms with van der Waals surface area (Å²) in [4.78, 5) is 11.5. The third-order valence-corrected chi connectivity index (χ3v) is 4.86. The largest absolute Gasteiger partial charge is 0.493 e. The Kier molecular flexibility index (Phi) is 7.23. The molecule has 1 atom stereocenters. The number of esters is 1. The Morgan fingerprint density at radius 3 is 2.64 bits per heavy atom. The van der Waals surface area contributed by atoms with Crippen LogP contribution in [0.2, 0.25) is 0 Å². The van der Waals surface area contributed by atoms with Crippen LogP contribution < -0.4 is 16.2 Å². The number of hydrogen-bond donors (Lipinski definition) is 2. The summed E-state index contributed by atoms with van der Waals surface area (Å²) in [5, 5.41) is 0. The molecular formula is C23H28N2O3. The third-order valence-electron chi connectivity index (χ3n) is 4.86. The van der Waals surface area contributed by atoms with Crippen molar-refractivity contribution in [3.63, 3.8) is 0 Å². The summed E-state index contributed by atoms with van der Waals surface area (Å²) in [6.07, 6.45) is 6.06. The minimum absolute atomic E-state index is 0.0849. The first-order chi connectivity index (χ1) is 13.7. The van der Waals surface area contributed by atoms with Gasteiger partial charge in [-0.05, 0) is 48.1 Å². The van der Waals surface area contributed by atoms with Gasteiger partial charge >= 0.3 is 5.97 Å². The summed E-state index contributed by atoms with van der Waals surface area (Å²) in [5.41, 5.74) is 15.9. The first kappa shape index (κ1) is 20.1. The van der Waals surface area contributed by atoms with Crippen LogP contribution in [0.1, 0.15) is 36.0 Å². The van der Waals surface area contributed by atoms with Crippen LogP contribution in [0.25, 0.3) is 11.6 Å². The SMILES string of the molecule is NCC(N)C(=O)OCCCOc1cccc2c1C=C(c1ccccc1)CCC2. The Labute approximate surface area is 166 Å². The van der Waals surface area contributed by atoms with Crippen LogP contribution in [0.15, 0.2) is 48.5 Å². The smallest absolute Gasteiger partial charge is 0.324 e. The molecule has 0 saturated carbocycles. The molecule has 28 heavy (non-hydrogen) atoms. The molecule has 3 rings (SSSR count). The van der Waals surface area contributed by atoms with Gasteiger partial charge in [0.15, 0.2) is 0 Å². The van der Waals surface area contributed by atoms with Crippen molar-refractivity contribution in [2.24, 2.45) is 11.5 Å². The van der Waals surface area contributed by atoms with Gasteiger partial charge in [0.25, 0.3) is 0 Å². The molecule has 0 bridgehead atoms. The molecule has 0 spiro atoms. The predicted octanol–water partition coefficient (Wildman–Crippen LogP) is 3.16. The van der Waals surface area contributed by atoms with Crippen molar-refractivity contribution in [2.45, 2.75) is 31.7 Å². The molecule has 0 saturated heterocycles. The van der Waals surface area contributed by atoms with E-state index in [9.17, 15) is 4.79 Å². The molecule has 0 heterocycles. The lowest BCUT2D eigenvalue weighted by molar-refractivity contribution is -0.145. The van der Waals surface area contributed by atoms with Crippen molar-refractivity contribution >= 4 is 17.6 Å². The Morgan fingerprint density at radius 1 is 1.04 bits per heavy atom. The second-order valence-electron chi connectivity index (χ2n) is 6.93. The van der Waals surface area contributed by atoms with E-state index in [1.165, 1.54) is 16.7 Å². The van der Waals surface area contributed by atoms with Gasteiger partial charge < -0.3 is 20.9 Å². The summed E-state index contributed by atoms with van der Waals surface area (Å²) < 4.78 is 11.1. The second kappa shape index (κ2) is 10.1. The highest BCUT2D eigenvalue weighted by molar-refractivity contribution is 5.84. The lowest BCUT2D eigenvalue weighted by Crippen LogP contribution is -2.39. The van der Waals surface area contributed by atoms with Crippen molar-refractivity contribution in [3.05, 3.63) is 65.2 Å². The van der Waals surface area contributed by atoms with Crippen LogP contribution >= 0.6 is 0 Å². The Hall–Kier alpha value is -2.63. The number of carbonyl (C=O) groups excluding carboxylic acids is 1. The number of fused-ring (bicyclic) bond motifs is 1. The van der Waals surface area contributed by atoms with Crippen LogP contribution in [-0.4, -0.2) is 31.8 Å². The van der Waals surface area contributed by atoms with E-state index in [1.54, 1.807) is 0 Å². The molecule has 5 heteroatoms. The molecule has 0 fully saturated rings. The van der Waals surface area contributed by atoms with Gasteiger partial charge in [-0.25, -0.2) is 0 Å². The zero-order chi connectivity index (χ0) is 19.8. The van der Waals surface area contributed by atoms with Gasteiger partial charge in [-0.15, -0.1) is 0 Å². The van der Waals surface area contributed by atoms with Crippen molar-refractivity contribution in [2.75, 3.05) is 19.8 Å². The minimum Gasteiger partial charge on any atom is -0.493 e. The summed E-state index contributed by atoms with van der Waals surface area (Å²) in [5.74, 6) is 0.407. The number of aryl methyl sites for hydroxylation is 1. The molecule has 1 aliphatic carbocycles. The lowest BCUT2D eigenvalue weighted by Gasteiger charge is -2.13. The van der Waals surface area contributed by atoms with Crippen molar-refractivity contribution in [1.82, 2.24) is 0 Å². The number of nitrogens with two attached hydrogens (primary N) is 2. The van der Waals surface area contributed by atoms with E-state index in [2.05, 4.69) is 36.4 Å². The summed E-state index contributed by atoms with van der Waals surface area (Å²) in [7, 11) is 0. The molecule has 2 aromatic carbocycles. The Bertz CT molecular complexity index is 818. The number of rotatable bonds is 8. The average molecular weight is 380 g/mol. The maximum absolute atomic E-state index is 11.5. The Balaban J connectivity index is 1.65. The van der Waals surface area contributed by atoms with Gasteiger partial charge in [0.2, 0.25) is 0 Å². The van der Waals surface area contributed by atoms with E-state index in [-0.39, 0.29) is 13.2 Å². The normalized spacial score (nSPS) is 14.4. The molecule has 1 aliphatic rings. The fraction of sp³-hybridized carbons (Fsp3) is 0.348. The zero-order valence-electron chi connectivity index (χ0n) is 16.1. The van der Waals surface area contributed by atoms with Gasteiger partial charge in [0.1, 0.15) is 11.8 Å². The maximum atomic E-state index is 11.5. The van der Waals surface area contributed by atoms with Crippen LogP contribution in [0.5, 0.6) is 5.75 Å². The summed E-state index contributed by atoms with van der Waals surface area (Å²) in [6, 6.07) is 15.9. The number of hydrogen-bond acceptors (Lipinski definition) is 5. The number of carbonyl (C=O) groups is 1. The zero-order valence-corrected chi connectivity index (χ0v) is 16.1. The summed E-state index contributed by atoms with van der Waals surface area (Å²) in [6.45, 7) is 0.824. The van der Waals surface area contributed by atoms with Crippen LogP contribution in [-0.2, 0) is 16.0 Å². The number of benzene rings is 2. The molecular weight excluding hydrogens is 352 g/mol.